The fraction of sp³-hybridized carbons (Fsp3) is 0.417. The molecule has 0 radical (unpaired) electrons. The summed E-state index contributed by atoms with van der Waals surface area (Å²) in [4.78, 5) is 22.7. The van der Waals surface area contributed by atoms with Crippen LogP contribution in [0.1, 0.15) is 13.3 Å². The molecule has 0 unspecified atom stereocenters. The number of carboxylic acid groups (broad SMARTS) is 1. The molecule has 0 bridgehead atoms. The Morgan fingerprint density at radius 1 is 1.53 bits per heavy atom. The average molecular weight is 268 g/mol. The minimum atomic E-state index is -0.882. The number of anilines is 1. The van der Waals surface area contributed by atoms with Crippen LogP contribution in [0.3, 0.4) is 0 Å². The van der Waals surface area contributed by atoms with Crippen molar-refractivity contribution in [3.63, 3.8) is 0 Å². The van der Waals surface area contributed by atoms with Gasteiger partial charge in [0.05, 0.1) is 18.5 Å². The maximum atomic E-state index is 10.8. The second-order valence-electron chi connectivity index (χ2n) is 3.84. The SMILES string of the molecule is CCN(CCC(=O)O)c1ccc([N+](=O)[O-])c(OC)c1. The lowest BCUT2D eigenvalue weighted by atomic mass is 10.2. The van der Waals surface area contributed by atoms with Gasteiger partial charge in [-0.2, -0.15) is 0 Å². The Morgan fingerprint density at radius 2 is 2.21 bits per heavy atom. The molecule has 0 fully saturated rings. The number of rotatable bonds is 7. The Balaban J connectivity index is 2.98. The predicted molar refractivity (Wildman–Crippen MR) is 69.8 cm³/mol. The second kappa shape index (κ2) is 6.58. The van der Waals surface area contributed by atoms with Crippen LogP contribution < -0.4 is 9.64 Å². The predicted octanol–water partition coefficient (Wildman–Crippen LogP) is 1.90. The molecule has 0 saturated heterocycles. The summed E-state index contributed by atoms with van der Waals surface area (Å²) < 4.78 is 4.98. The van der Waals surface area contributed by atoms with Crippen molar-refractivity contribution in [1.82, 2.24) is 0 Å². The summed E-state index contributed by atoms with van der Waals surface area (Å²) in [5.74, 6) is -0.719. The molecular formula is C12H16N2O5. The summed E-state index contributed by atoms with van der Waals surface area (Å²) in [7, 11) is 1.36. The van der Waals surface area contributed by atoms with E-state index in [0.717, 1.165) is 0 Å². The van der Waals surface area contributed by atoms with Crippen LogP contribution >= 0.6 is 0 Å². The van der Waals surface area contributed by atoms with Gasteiger partial charge in [-0.15, -0.1) is 0 Å². The number of carboxylic acids is 1. The highest BCUT2D eigenvalue weighted by Crippen LogP contribution is 2.31. The number of ether oxygens (including phenoxy) is 1. The first-order valence-corrected chi connectivity index (χ1v) is 5.78. The zero-order valence-corrected chi connectivity index (χ0v) is 10.8. The lowest BCUT2D eigenvalue weighted by molar-refractivity contribution is -0.385. The Hall–Kier alpha value is -2.31. The molecule has 1 N–H and O–H groups in total. The maximum absolute atomic E-state index is 10.8. The molecule has 0 saturated carbocycles. The van der Waals surface area contributed by atoms with Crippen molar-refractivity contribution in [3.8, 4) is 5.75 Å². The molecule has 7 nitrogen and oxygen atoms in total. The topological polar surface area (TPSA) is 92.9 Å². The Bertz CT molecular complexity index is 475. The van der Waals surface area contributed by atoms with Gasteiger partial charge >= 0.3 is 11.7 Å². The Labute approximate surface area is 110 Å². The van der Waals surface area contributed by atoms with Gasteiger partial charge in [-0.25, -0.2) is 0 Å². The summed E-state index contributed by atoms with van der Waals surface area (Å²) in [6, 6.07) is 4.49. The van der Waals surface area contributed by atoms with E-state index in [1.54, 1.807) is 12.1 Å². The normalized spacial score (nSPS) is 10.0. The summed E-state index contributed by atoms with van der Waals surface area (Å²) in [5.41, 5.74) is 0.590. The molecule has 19 heavy (non-hydrogen) atoms. The molecule has 0 aromatic heterocycles. The number of aliphatic carboxylic acids is 1. The van der Waals surface area contributed by atoms with Gasteiger partial charge in [0.25, 0.3) is 0 Å². The number of nitrogens with zero attached hydrogens (tertiary/aromatic N) is 2. The molecule has 0 atom stereocenters. The fourth-order valence-electron chi connectivity index (χ4n) is 1.71. The molecule has 7 heteroatoms. The zero-order valence-electron chi connectivity index (χ0n) is 10.8. The molecule has 0 aliphatic rings. The van der Waals surface area contributed by atoms with Gasteiger partial charge in [-0.05, 0) is 13.0 Å². The van der Waals surface area contributed by atoms with E-state index in [0.29, 0.717) is 18.8 Å². The molecule has 0 heterocycles. The largest absolute Gasteiger partial charge is 0.490 e. The van der Waals surface area contributed by atoms with E-state index < -0.39 is 10.9 Å². The number of carbonyl (C=O) groups is 1. The second-order valence-corrected chi connectivity index (χ2v) is 3.84. The third-order valence-electron chi connectivity index (χ3n) is 2.70. The smallest absolute Gasteiger partial charge is 0.311 e. The summed E-state index contributed by atoms with van der Waals surface area (Å²) in [6.07, 6.45) is 0.00709. The van der Waals surface area contributed by atoms with E-state index in [9.17, 15) is 14.9 Å². The molecule has 1 rings (SSSR count). The standard InChI is InChI=1S/C12H16N2O5/c1-3-13(7-6-12(15)16)9-4-5-10(14(17)18)11(8-9)19-2/h4-5,8H,3,6-7H2,1-2H3,(H,15,16). The minimum Gasteiger partial charge on any atom is -0.490 e. The van der Waals surface area contributed by atoms with Crippen LogP contribution in [0.5, 0.6) is 5.75 Å². The fourth-order valence-corrected chi connectivity index (χ4v) is 1.71. The number of methoxy groups -OCH3 is 1. The van der Waals surface area contributed by atoms with Crippen molar-refractivity contribution in [2.75, 3.05) is 25.1 Å². The molecule has 0 aliphatic carbocycles. The summed E-state index contributed by atoms with van der Waals surface area (Å²) in [6.45, 7) is 2.83. The molecule has 104 valence electrons. The average Bonchev–Trinajstić information content (AvgIpc) is 2.38. The maximum Gasteiger partial charge on any atom is 0.311 e. The highest BCUT2D eigenvalue weighted by molar-refractivity contribution is 5.68. The molecule has 0 aliphatic heterocycles. The first kappa shape index (κ1) is 14.7. The van der Waals surface area contributed by atoms with Gasteiger partial charge in [0.15, 0.2) is 5.75 Å². The van der Waals surface area contributed by atoms with Crippen molar-refractivity contribution in [2.24, 2.45) is 0 Å². The van der Waals surface area contributed by atoms with Gasteiger partial charge in [-0.3, -0.25) is 14.9 Å². The molecule has 1 aromatic rings. The quantitative estimate of drug-likeness (QED) is 0.599. The summed E-state index contributed by atoms with van der Waals surface area (Å²) in [5, 5.41) is 19.5. The molecule has 1 aromatic carbocycles. The van der Waals surface area contributed by atoms with Crippen LogP contribution in [-0.2, 0) is 4.79 Å². The third-order valence-corrected chi connectivity index (χ3v) is 2.70. The van der Waals surface area contributed by atoms with Crippen molar-refractivity contribution in [1.29, 1.82) is 0 Å². The minimum absolute atomic E-state index is 0.00709. The first-order chi connectivity index (χ1) is 8.99. The van der Waals surface area contributed by atoms with E-state index in [-0.39, 0.29) is 17.9 Å². The van der Waals surface area contributed by atoms with Crippen molar-refractivity contribution in [3.05, 3.63) is 28.3 Å². The van der Waals surface area contributed by atoms with Crippen LogP contribution in [0.25, 0.3) is 0 Å². The van der Waals surface area contributed by atoms with E-state index >= 15 is 0 Å². The number of nitro benzene ring substituents is 1. The van der Waals surface area contributed by atoms with Gasteiger partial charge in [0.2, 0.25) is 0 Å². The van der Waals surface area contributed by atoms with Gasteiger partial charge < -0.3 is 14.7 Å². The third kappa shape index (κ3) is 3.84. The van der Waals surface area contributed by atoms with Crippen molar-refractivity contribution >= 4 is 17.3 Å². The number of hydrogen-bond acceptors (Lipinski definition) is 5. The highest BCUT2D eigenvalue weighted by atomic mass is 16.6. The van der Waals surface area contributed by atoms with Gasteiger partial charge in [-0.1, -0.05) is 0 Å². The number of benzene rings is 1. The lowest BCUT2D eigenvalue weighted by Crippen LogP contribution is -2.25. The van der Waals surface area contributed by atoms with E-state index in [1.807, 2.05) is 11.8 Å². The van der Waals surface area contributed by atoms with Crippen LogP contribution in [0.15, 0.2) is 18.2 Å². The van der Waals surface area contributed by atoms with Crippen molar-refractivity contribution < 1.29 is 19.6 Å². The van der Waals surface area contributed by atoms with Crippen LogP contribution in [-0.4, -0.2) is 36.2 Å². The van der Waals surface area contributed by atoms with Crippen LogP contribution in [0.4, 0.5) is 11.4 Å². The molecular weight excluding hydrogens is 252 g/mol. The van der Waals surface area contributed by atoms with Gasteiger partial charge in [0, 0.05) is 30.9 Å². The lowest BCUT2D eigenvalue weighted by Gasteiger charge is -2.22. The summed E-state index contributed by atoms with van der Waals surface area (Å²) >= 11 is 0. The van der Waals surface area contributed by atoms with Crippen LogP contribution in [0.2, 0.25) is 0 Å². The van der Waals surface area contributed by atoms with E-state index in [2.05, 4.69) is 0 Å². The number of nitro groups is 1. The Morgan fingerprint density at radius 3 is 2.68 bits per heavy atom. The number of hydrogen-bond donors (Lipinski definition) is 1. The molecule has 0 spiro atoms. The monoisotopic (exact) mass is 268 g/mol. The van der Waals surface area contributed by atoms with Gasteiger partial charge in [0.1, 0.15) is 0 Å². The van der Waals surface area contributed by atoms with Crippen molar-refractivity contribution in [2.45, 2.75) is 13.3 Å². The first-order valence-electron chi connectivity index (χ1n) is 5.78. The molecule has 0 amide bonds. The zero-order chi connectivity index (χ0) is 14.4. The van der Waals surface area contributed by atoms with E-state index in [4.69, 9.17) is 9.84 Å². The Kier molecular flexibility index (Phi) is 5.11. The highest BCUT2D eigenvalue weighted by Gasteiger charge is 2.17. The van der Waals surface area contributed by atoms with E-state index in [1.165, 1.54) is 13.2 Å². The van der Waals surface area contributed by atoms with Crippen LogP contribution in [0, 0.1) is 10.1 Å².